The number of halogens is 1. The summed E-state index contributed by atoms with van der Waals surface area (Å²) in [4.78, 5) is 35.3. The fourth-order valence-corrected chi connectivity index (χ4v) is 8.81. The summed E-state index contributed by atoms with van der Waals surface area (Å²) in [7, 11) is 1.75. The average Bonchev–Trinajstić information content (AvgIpc) is 3.36. The first kappa shape index (κ1) is 35.0. The van der Waals surface area contributed by atoms with Crippen molar-refractivity contribution in [1.82, 2.24) is 14.7 Å². The summed E-state index contributed by atoms with van der Waals surface area (Å²) in [5.74, 6) is -0.660. The third kappa shape index (κ3) is 6.34. The molecule has 0 radical (unpaired) electrons. The Morgan fingerprint density at radius 2 is 1.61 bits per heavy atom. The summed E-state index contributed by atoms with van der Waals surface area (Å²) in [6.45, 7) is 4.22. The Balaban J connectivity index is 1.43. The van der Waals surface area contributed by atoms with E-state index in [0.717, 1.165) is 25.9 Å². The molecule has 0 spiro atoms. The molecule has 3 aromatic carbocycles. The summed E-state index contributed by atoms with van der Waals surface area (Å²) in [6.07, 6.45) is 1.39. The van der Waals surface area contributed by atoms with Crippen molar-refractivity contribution in [2.45, 2.75) is 36.0 Å². The molecule has 0 aromatic heterocycles. The minimum atomic E-state index is -4.66. The molecule has 12 nitrogen and oxygen atoms in total. The average molecular weight is 713 g/mol. The van der Waals surface area contributed by atoms with Crippen molar-refractivity contribution in [2.24, 2.45) is 0 Å². The van der Waals surface area contributed by atoms with E-state index < -0.39 is 27.6 Å². The molecule has 14 heteroatoms. The predicted molar refractivity (Wildman–Crippen MR) is 184 cm³/mol. The van der Waals surface area contributed by atoms with E-state index in [2.05, 4.69) is 16.8 Å². The van der Waals surface area contributed by atoms with Gasteiger partial charge >= 0.3 is 6.09 Å². The number of carbonyl (C=O) groups is 2. The van der Waals surface area contributed by atoms with E-state index in [-0.39, 0.29) is 39.1 Å². The third-order valence-corrected chi connectivity index (χ3v) is 11.6. The van der Waals surface area contributed by atoms with Crippen LogP contribution in [0.25, 0.3) is 0 Å². The normalized spacial score (nSPS) is 20.7. The maximum Gasteiger partial charge on any atom is 0.411 e. The molecular weight excluding hydrogens is 672 g/mol. The van der Waals surface area contributed by atoms with E-state index in [1.807, 2.05) is 0 Å². The predicted octanol–water partition coefficient (Wildman–Crippen LogP) is 4.33. The standard InChI is InChI=1S/C35H41ClN4O8S/c1-37-15-13-26(14-16-37)38-17-19-39(20-18-38)34(42)48-35(28-8-6-5-7-24(28)23-45-2)29-21-25(36)9-11-30(29)40(33(35)41)49(43,44)32-12-10-27(46-3)22-31(32)47-4/h5-12,21-22,26H,13-20,23H2,1-4H3. The van der Waals surface area contributed by atoms with Crippen molar-refractivity contribution in [3.63, 3.8) is 0 Å². The zero-order valence-corrected chi connectivity index (χ0v) is 29.6. The molecule has 262 valence electrons. The third-order valence-electron chi connectivity index (χ3n) is 9.65. The smallest absolute Gasteiger partial charge is 0.411 e. The van der Waals surface area contributed by atoms with E-state index >= 15 is 4.79 Å². The van der Waals surface area contributed by atoms with Gasteiger partial charge in [-0.05, 0) is 68.9 Å². The van der Waals surface area contributed by atoms with Gasteiger partial charge < -0.3 is 28.7 Å². The van der Waals surface area contributed by atoms with Gasteiger partial charge in [-0.3, -0.25) is 9.69 Å². The van der Waals surface area contributed by atoms with Crippen molar-refractivity contribution in [3.8, 4) is 11.5 Å². The molecule has 3 aliphatic heterocycles. The fraction of sp³-hybridized carbons (Fsp3) is 0.429. The Labute approximate surface area is 292 Å². The van der Waals surface area contributed by atoms with Gasteiger partial charge in [-0.1, -0.05) is 35.9 Å². The van der Waals surface area contributed by atoms with Gasteiger partial charge in [0.1, 0.15) is 16.4 Å². The number of fused-ring (bicyclic) bond motifs is 1. The van der Waals surface area contributed by atoms with Gasteiger partial charge in [0.15, 0.2) is 0 Å². The molecule has 3 heterocycles. The van der Waals surface area contributed by atoms with Crippen LogP contribution in [0, 0.1) is 0 Å². The van der Waals surface area contributed by atoms with E-state index in [0.29, 0.717) is 47.8 Å². The molecule has 2 saturated heterocycles. The van der Waals surface area contributed by atoms with Crippen LogP contribution < -0.4 is 13.8 Å². The zero-order valence-electron chi connectivity index (χ0n) is 28.1. The van der Waals surface area contributed by atoms with E-state index in [1.165, 1.54) is 57.7 Å². The second-order valence-corrected chi connectivity index (χ2v) is 14.6. The number of nitrogens with zero attached hydrogens (tertiary/aromatic N) is 4. The second-order valence-electron chi connectivity index (χ2n) is 12.4. The number of piperidine rings is 1. The van der Waals surface area contributed by atoms with Crippen LogP contribution in [-0.2, 0) is 36.5 Å². The molecule has 2 amide bonds. The molecule has 0 saturated carbocycles. The first-order valence-electron chi connectivity index (χ1n) is 16.1. The number of rotatable bonds is 9. The first-order chi connectivity index (χ1) is 23.5. The van der Waals surface area contributed by atoms with Crippen LogP contribution in [0.2, 0.25) is 5.02 Å². The number of sulfonamides is 1. The Morgan fingerprint density at radius 3 is 2.29 bits per heavy atom. The van der Waals surface area contributed by atoms with Crippen LogP contribution in [0.5, 0.6) is 11.5 Å². The largest absolute Gasteiger partial charge is 0.497 e. The topological polar surface area (TPSA) is 118 Å². The van der Waals surface area contributed by atoms with E-state index in [9.17, 15) is 13.2 Å². The molecular formula is C35H41ClN4O8S. The highest BCUT2D eigenvalue weighted by atomic mass is 35.5. The number of likely N-dealkylation sites (tertiary alicyclic amines) is 1. The number of hydrogen-bond donors (Lipinski definition) is 0. The summed E-state index contributed by atoms with van der Waals surface area (Å²) in [6, 6.07) is 15.9. The van der Waals surface area contributed by atoms with E-state index in [4.69, 9.17) is 30.5 Å². The van der Waals surface area contributed by atoms with Crippen molar-refractivity contribution in [3.05, 3.63) is 82.4 Å². The summed E-state index contributed by atoms with van der Waals surface area (Å²) in [5, 5.41) is 0.226. The lowest BCUT2D eigenvalue weighted by Crippen LogP contribution is -2.55. The van der Waals surface area contributed by atoms with Crippen LogP contribution in [-0.4, -0.2) is 109 Å². The van der Waals surface area contributed by atoms with Gasteiger partial charge in [-0.2, -0.15) is 4.31 Å². The van der Waals surface area contributed by atoms with Crippen LogP contribution in [0.4, 0.5) is 10.5 Å². The van der Waals surface area contributed by atoms with Gasteiger partial charge in [0.25, 0.3) is 15.9 Å². The van der Waals surface area contributed by atoms with Gasteiger partial charge in [-0.25, -0.2) is 13.2 Å². The number of amides is 2. The Kier molecular flexibility index (Phi) is 10.1. The van der Waals surface area contributed by atoms with Gasteiger partial charge in [-0.15, -0.1) is 0 Å². The first-order valence-corrected chi connectivity index (χ1v) is 18.0. The number of hydrogen-bond acceptors (Lipinski definition) is 10. The molecule has 0 N–H and O–H groups in total. The van der Waals surface area contributed by atoms with Crippen LogP contribution >= 0.6 is 11.6 Å². The summed E-state index contributed by atoms with van der Waals surface area (Å²) < 4.78 is 52.4. The second kappa shape index (κ2) is 14.2. The zero-order chi connectivity index (χ0) is 34.9. The number of benzene rings is 3. The van der Waals surface area contributed by atoms with Crippen molar-refractivity contribution < 1.29 is 37.0 Å². The monoisotopic (exact) mass is 712 g/mol. The summed E-state index contributed by atoms with van der Waals surface area (Å²) in [5.41, 5.74) is -1.31. The number of ether oxygens (including phenoxy) is 4. The van der Waals surface area contributed by atoms with Crippen LogP contribution in [0.3, 0.4) is 0 Å². The Hall–Kier alpha value is -3.88. The maximum absolute atomic E-state index is 15.1. The molecule has 1 unspecified atom stereocenters. The van der Waals surface area contributed by atoms with Crippen LogP contribution in [0.15, 0.2) is 65.6 Å². The number of methoxy groups -OCH3 is 3. The lowest BCUT2D eigenvalue weighted by atomic mass is 9.84. The lowest BCUT2D eigenvalue weighted by molar-refractivity contribution is -0.132. The highest BCUT2D eigenvalue weighted by Crippen LogP contribution is 2.51. The van der Waals surface area contributed by atoms with Crippen molar-refractivity contribution in [2.75, 3.05) is 72.0 Å². The Morgan fingerprint density at radius 1 is 0.898 bits per heavy atom. The van der Waals surface area contributed by atoms with E-state index in [1.54, 1.807) is 29.2 Å². The molecule has 2 fully saturated rings. The van der Waals surface area contributed by atoms with Gasteiger partial charge in [0, 0.05) is 61.5 Å². The van der Waals surface area contributed by atoms with Gasteiger partial charge in [0.05, 0.1) is 26.5 Å². The summed E-state index contributed by atoms with van der Waals surface area (Å²) >= 11 is 6.53. The molecule has 3 aliphatic rings. The van der Waals surface area contributed by atoms with Crippen LogP contribution in [0.1, 0.15) is 29.5 Å². The minimum absolute atomic E-state index is 0.000577. The number of carbonyl (C=O) groups excluding carboxylic acids is 2. The maximum atomic E-state index is 15.1. The SMILES string of the molecule is COCc1ccccc1C1(OC(=O)N2CCN(C3CCN(C)CC3)CC2)C(=O)N(S(=O)(=O)c2ccc(OC)cc2OC)c2ccc(Cl)cc21. The molecule has 1 atom stereocenters. The highest BCUT2D eigenvalue weighted by Gasteiger charge is 2.60. The van der Waals surface area contributed by atoms with Crippen molar-refractivity contribution in [1.29, 1.82) is 0 Å². The van der Waals surface area contributed by atoms with Gasteiger partial charge in [0.2, 0.25) is 5.60 Å². The minimum Gasteiger partial charge on any atom is -0.497 e. The van der Waals surface area contributed by atoms with Crippen molar-refractivity contribution >= 4 is 39.3 Å². The molecule has 6 rings (SSSR count). The number of anilines is 1. The molecule has 0 bridgehead atoms. The fourth-order valence-electron chi connectivity index (χ4n) is 7.04. The lowest BCUT2D eigenvalue weighted by Gasteiger charge is -2.42. The molecule has 3 aromatic rings. The Bertz CT molecular complexity index is 1830. The number of piperazine rings is 1. The highest BCUT2D eigenvalue weighted by molar-refractivity contribution is 7.93. The molecule has 0 aliphatic carbocycles. The quantitative estimate of drug-likeness (QED) is 0.317. The molecule has 49 heavy (non-hydrogen) atoms.